The number of carboxylic acids is 1. The third-order valence-corrected chi connectivity index (χ3v) is 3.86. The van der Waals surface area contributed by atoms with Crippen molar-refractivity contribution in [1.29, 1.82) is 0 Å². The number of carboxylic acid groups (broad SMARTS) is 1. The topological polar surface area (TPSA) is 63.6 Å². The van der Waals surface area contributed by atoms with Crippen LogP contribution in [0.25, 0.3) is 6.08 Å². The summed E-state index contributed by atoms with van der Waals surface area (Å²) < 4.78 is 5.41. The van der Waals surface area contributed by atoms with Crippen molar-refractivity contribution in [3.8, 4) is 5.75 Å². The van der Waals surface area contributed by atoms with Crippen LogP contribution in [0.15, 0.2) is 48.5 Å². The number of methoxy groups -OCH3 is 1. The molecular weight excluding hydrogens is 316 g/mol. The van der Waals surface area contributed by atoms with Crippen molar-refractivity contribution in [3.05, 3.63) is 70.8 Å². The van der Waals surface area contributed by atoms with Gasteiger partial charge >= 0.3 is 5.97 Å². The highest BCUT2D eigenvalue weighted by atomic mass is 16.5. The molecule has 0 spiro atoms. The molecule has 0 saturated carbocycles. The molecule has 25 heavy (non-hydrogen) atoms. The van der Waals surface area contributed by atoms with E-state index in [0.29, 0.717) is 11.1 Å². The lowest BCUT2D eigenvalue weighted by Gasteiger charge is -2.22. The van der Waals surface area contributed by atoms with E-state index in [1.807, 2.05) is 12.1 Å². The molecule has 4 heteroatoms. The van der Waals surface area contributed by atoms with Gasteiger partial charge in [0.25, 0.3) is 0 Å². The Hall–Kier alpha value is -2.88. The lowest BCUT2D eigenvalue weighted by atomic mass is 9.84. The van der Waals surface area contributed by atoms with Crippen LogP contribution < -0.4 is 4.74 Å². The van der Waals surface area contributed by atoms with Gasteiger partial charge in [-0.15, -0.1) is 0 Å². The summed E-state index contributed by atoms with van der Waals surface area (Å²) in [6, 6.07) is 12.3. The maximum absolute atomic E-state index is 12.7. The molecule has 0 aliphatic carbocycles. The fraction of sp³-hybridized carbons (Fsp3) is 0.238. The number of hydrogen-bond donors (Lipinski definition) is 1. The molecule has 0 fully saturated rings. The molecule has 4 nitrogen and oxygen atoms in total. The molecule has 130 valence electrons. The zero-order chi connectivity index (χ0) is 18.6. The van der Waals surface area contributed by atoms with Crippen LogP contribution in [0.2, 0.25) is 0 Å². The van der Waals surface area contributed by atoms with Gasteiger partial charge < -0.3 is 9.84 Å². The van der Waals surface area contributed by atoms with Gasteiger partial charge in [0.15, 0.2) is 5.78 Å². The van der Waals surface area contributed by atoms with E-state index in [1.54, 1.807) is 37.4 Å². The maximum Gasteiger partial charge on any atom is 0.328 e. The first-order valence-electron chi connectivity index (χ1n) is 7.96. The number of benzene rings is 2. The second-order valence-corrected chi connectivity index (χ2v) is 6.79. The van der Waals surface area contributed by atoms with Crippen molar-refractivity contribution >= 4 is 17.8 Å². The SMILES string of the molecule is COc1ccc(C(=O)c2ccc(C=CC(=O)O)cc2)cc1C(C)(C)C. The zero-order valence-electron chi connectivity index (χ0n) is 14.9. The first kappa shape index (κ1) is 18.5. The van der Waals surface area contributed by atoms with E-state index in [0.717, 1.165) is 23.0 Å². The number of rotatable bonds is 5. The lowest BCUT2D eigenvalue weighted by molar-refractivity contribution is -0.131. The van der Waals surface area contributed by atoms with Gasteiger partial charge in [0, 0.05) is 22.8 Å². The van der Waals surface area contributed by atoms with Crippen LogP contribution in [0.1, 0.15) is 47.8 Å². The Morgan fingerprint density at radius 2 is 1.60 bits per heavy atom. The fourth-order valence-corrected chi connectivity index (χ4v) is 2.52. The van der Waals surface area contributed by atoms with E-state index in [4.69, 9.17) is 9.84 Å². The zero-order valence-corrected chi connectivity index (χ0v) is 14.9. The van der Waals surface area contributed by atoms with Crippen LogP contribution in [0, 0.1) is 0 Å². The maximum atomic E-state index is 12.7. The molecule has 0 atom stereocenters. The number of hydrogen-bond acceptors (Lipinski definition) is 3. The summed E-state index contributed by atoms with van der Waals surface area (Å²) in [5.41, 5.74) is 2.70. The molecule has 0 amide bonds. The molecule has 0 radical (unpaired) electrons. The summed E-state index contributed by atoms with van der Waals surface area (Å²) in [4.78, 5) is 23.3. The van der Waals surface area contributed by atoms with Crippen molar-refractivity contribution in [2.24, 2.45) is 0 Å². The predicted octanol–water partition coefficient (Wildman–Crippen LogP) is 4.32. The number of ether oxygens (including phenoxy) is 1. The van der Waals surface area contributed by atoms with Gasteiger partial charge in [0.05, 0.1) is 7.11 Å². The van der Waals surface area contributed by atoms with E-state index in [2.05, 4.69) is 20.8 Å². The van der Waals surface area contributed by atoms with Gasteiger partial charge in [-0.2, -0.15) is 0 Å². The van der Waals surface area contributed by atoms with Crippen LogP contribution in [0.4, 0.5) is 0 Å². The van der Waals surface area contributed by atoms with E-state index < -0.39 is 5.97 Å². The van der Waals surface area contributed by atoms with Gasteiger partial charge in [0.1, 0.15) is 5.75 Å². The molecular formula is C21H22O4. The van der Waals surface area contributed by atoms with Crippen molar-refractivity contribution in [2.45, 2.75) is 26.2 Å². The summed E-state index contributed by atoms with van der Waals surface area (Å²) >= 11 is 0. The van der Waals surface area contributed by atoms with Crippen molar-refractivity contribution in [2.75, 3.05) is 7.11 Å². The van der Waals surface area contributed by atoms with Crippen LogP contribution in [-0.4, -0.2) is 24.0 Å². The minimum absolute atomic E-state index is 0.0816. The second-order valence-electron chi connectivity index (χ2n) is 6.79. The normalized spacial score (nSPS) is 11.5. The molecule has 0 heterocycles. The van der Waals surface area contributed by atoms with Gasteiger partial charge in [0.2, 0.25) is 0 Å². The average molecular weight is 338 g/mol. The molecule has 0 unspecified atom stereocenters. The molecule has 0 aliphatic rings. The number of carbonyl (C=O) groups is 2. The quantitative estimate of drug-likeness (QED) is 0.651. The van der Waals surface area contributed by atoms with Crippen LogP contribution in [0.5, 0.6) is 5.75 Å². The highest BCUT2D eigenvalue weighted by Gasteiger charge is 2.21. The molecule has 1 N–H and O–H groups in total. The monoisotopic (exact) mass is 338 g/mol. The molecule has 2 rings (SSSR count). The standard InChI is InChI=1S/C21H22O4/c1-21(2,3)17-13-16(10-11-18(17)25-4)20(24)15-8-5-14(6-9-15)7-12-19(22)23/h5-13H,1-4H3,(H,22,23). The molecule has 2 aromatic carbocycles. The lowest BCUT2D eigenvalue weighted by Crippen LogP contribution is -2.14. The minimum Gasteiger partial charge on any atom is -0.496 e. The first-order valence-corrected chi connectivity index (χ1v) is 7.96. The third-order valence-electron chi connectivity index (χ3n) is 3.86. The summed E-state index contributed by atoms with van der Waals surface area (Å²) in [7, 11) is 1.62. The number of carbonyl (C=O) groups excluding carboxylic acids is 1. The van der Waals surface area contributed by atoms with Crippen molar-refractivity contribution in [1.82, 2.24) is 0 Å². The highest BCUT2D eigenvalue weighted by Crippen LogP contribution is 2.32. The van der Waals surface area contributed by atoms with E-state index in [9.17, 15) is 9.59 Å². The van der Waals surface area contributed by atoms with Crippen molar-refractivity contribution < 1.29 is 19.4 Å². The van der Waals surface area contributed by atoms with Crippen LogP contribution in [0.3, 0.4) is 0 Å². The Morgan fingerprint density at radius 3 is 2.12 bits per heavy atom. The van der Waals surface area contributed by atoms with Gasteiger partial charge in [-0.1, -0.05) is 45.0 Å². The van der Waals surface area contributed by atoms with Crippen molar-refractivity contribution in [3.63, 3.8) is 0 Å². The van der Waals surface area contributed by atoms with E-state index in [1.165, 1.54) is 6.08 Å². The minimum atomic E-state index is -1.01. The van der Waals surface area contributed by atoms with Gasteiger partial charge in [-0.05, 0) is 35.3 Å². The summed E-state index contributed by atoms with van der Waals surface area (Å²) in [5.74, 6) is -0.326. The average Bonchev–Trinajstić information content (AvgIpc) is 2.58. The Morgan fingerprint density at radius 1 is 1.00 bits per heavy atom. The molecule has 0 bridgehead atoms. The molecule has 2 aromatic rings. The van der Waals surface area contributed by atoms with Gasteiger partial charge in [-0.3, -0.25) is 4.79 Å². The second kappa shape index (κ2) is 7.34. The Balaban J connectivity index is 2.33. The van der Waals surface area contributed by atoms with Crippen LogP contribution >= 0.6 is 0 Å². The Labute approximate surface area is 147 Å². The molecule has 0 saturated heterocycles. The van der Waals surface area contributed by atoms with Gasteiger partial charge in [-0.25, -0.2) is 4.79 Å². The fourth-order valence-electron chi connectivity index (χ4n) is 2.52. The number of aliphatic carboxylic acids is 1. The summed E-state index contributed by atoms with van der Waals surface area (Å²) in [6.45, 7) is 6.22. The molecule has 0 aliphatic heterocycles. The first-order chi connectivity index (χ1) is 11.7. The molecule has 0 aromatic heterocycles. The number of ketones is 1. The van der Waals surface area contributed by atoms with E-state index >= 15 is 0 Å². The predicted molar refractivity (Wildman–Crippen MR) is 98.2 cm³/mol. The summed E-state index contributed by atoms with van der Waals surface area (Å²) in [5, 5.41) is 8.65. The largest absolute Gasteiger partial charge is 0.496 e. The van der Waals surface area contributed by atoms with Crippen LogP contribution in [-0.2, 0) is 10.2 Å². The summed E-state index contributed by atoms with van der Waals surface area (Å²) in [6.07, 6.45) is 2.55. The Bertz CT molecular complexity index is 809. The smallest absolute Gasteiger partial charge is 0.328 e. The Kier molecular flexibility index (Phi) is 5.42. The highest BCUT2D eigenvalue weighted by molar-refractivity contribution is 6.09. The third kappa shape index (κ3) is 4.57. The van der Waals surface area contributed by atoms with E-state index in [-0.39, 0.29) is 11.2 Å².